The Hall–Kier alpha value is -3.14. The number of benzene rings is 2. The van der Waals surface area contributed by atoms with Gasteiger partial charge in [-0.1, -0.05) is 35.9 Å². The molecule has 0 atom stereocenters. The molecule has 1 aromatic heterocycles. The first-order valence-corrected chi connectivity index (χ1v) is 8.49. The molecule has 0 fully saturated rings. The molecule has 0 aliphatic heterocycles. The first-order valence-electron chi connectivity index (χ1n) is 8.49. The van der Waals surface area contributed by atoms with E-state index >= 15 is 0 Å². The lowest BCUT2D eigenvalue weighted by molar-refractivity contribution is 0.104. The number of ether oxygens (including phenoxy) is 1. The van der Waals surface area contributed by atoms with E-state index in [2.05, 4.69) is 0 Å². The van der Waals surface area contributed by atoms with Gasteiger partial charge in [0.2, 0.25) is 0 Å². The van der Waals surface area contributed by atoms with Crippen molar-refractivity contribution in [1.29, 1.82) is 0 Å². The lowest BCUT2D eigenvalue weighted by Crippen LogP contribution is -2.06. The van der Waals surface area contributed by atoms with Crippen molar-refractivity contribution in [3.63, 3.8) is 0 Å². The highest BCUT2D eigenvalue weighted by Crippen LogP contribution is 2.30. The van der Waals surface area contributed by atoms with Crippen LogP contribution in [-0.4, -0.2) is 12.4 Å². The van der Waals surface area contributed by atoms with Crippen LogP contribution in [0, 0.1) is 13.8 Å². The Kier molecular flexibility index (Phi) is 5.03. The summed E-state index contributed by atoms with van der Waals surface area (Å²) in [6.07, 6.45) is 3.22. The maximum atomic E-state index is 12.9. The topological polar surface area (TPSA) is 56.5 Å². The summed E-state index contributed by atoms with van der Waals surface area (Å²) in [5, 5.41) is 0.722. The maximum absolute atomic E-state index is 12.9. The second kappa shape index (κ2) is 7.40. The Morgan fingerprint density at radius 1 is 1.12 bits per heavy atom. The Morgan fingerprint density at radius 3 is 2.54 bits per heavy atom. The van der Waals surface area contributed by atoms with E-state index in [9.17, 15) is 9.59 Å². The fourth-order valence-corrected chi connectivity index (χ4v) is 2.81. The van der Waals surface area contributed by atoms with Gasteiger partial charge in [0, 0.05) is 11.5 Å². The summed E-state index contributed by atoms with van der Waals surface area (Å²) in [4.78, 5) is 24.7. The largest absolute Gasteiger partial charge is 0.493 e. The highest BCUT2D eigenvalue weighted by molar-refractivity contribution is 6.15. The first-order chi connectivity index (χ1) is 12.5. The summed E-state index contributed by atoms with van der Waals surface area (Å²) < 4.78 is 11.0. The fraction of sp³-hybridized carbons (Fsp3) is 0.182. The van der Waals surface area contributed by atoms with E-state index in [1.165, 1.54) is 12.1 Å². The van der Waals surface area contributed by atoms with Gasteiger partial charge in [-0.2, -0.15) is 0 Å². The van der Waals surface area contributed by atoms with Gasteiger partial charge < -0.3 is 9.15 Å². The predicted molar refractivity (Wildman–Crippen MR) is 103 cm³/mol. The number of fused-ring (bicyclic) bond motifs is 1. The van der Waals surface area contributed by atoms with E-state index < -0.39 is 5.63 Å². The van der Waals surface area contributed by atoms with Gasteiger partial charge >= 0.3 is 5.63 Å². The van der Waals surface area contributed by atoms with E-state index in [4.69, 9.17) is 9.15 Å². The zero-order valence-corrected chi connectivity index (χ0v) is 15.0. The van der Waals surface area contributed by atoms with Crippen molar-refractivity contribution >= 4 is 22.8 Å². The SMILES string of the molecule is CCOc1ccc2c(C)cc(=O)oc2c1C(=O)/C=C/c1ccc(C)cc1. The number of allylic oxidation sites excluding steroid dienone is 1. The molecule has 0 radical (unpaired) electrons. The molecule has 132 valence electrons. The lowest BCUT2D eigenvalue weighted by Gasteiger charge is -2.11. The molecule has 3 aromatic rings. The molecule has 4 heteroatoms. The summed E-state index contributed by atoms with van der Waals surface area (Å²) >= 11 is 0. The molecule has 26 heavy (non-hydrogen) atoms. The second-order valence-corrected chi connectivity index (χ2v) is 6.11. The molecule has 4 nitrogen and oxygen atoms in total. The normalized spacial score (nSPS) is 11.2. The van der Waals surface area contributed by atoms with Gasteiger partial charge in [0.1, 0.15) is 11.3 Å². The average molecular weight is 348 g/mol. The third kappa shape index (κ3) is 3.59. The molecule has 0 aliphatic carbocycles. The van der Waals surface area contributed by atoms with Gasteiger partial charge in [-0.3, -0.25) is 4.79 Å². The average Bonchev–Trinajstić information content (AvgIpc) is 2.61. The standard InChI is InChI=1S/C22H20O4/c1-4-25-19-12-10-17-15(3)13-20(24)26-22(17)21(19)18(23)11-9-16-7-5-14(2)6-8-16/h5-13H,4H2,1-3H3/b11-9+. The van der Waals surface area contributed by atoms with Gasteiger partial charge in [-0.25, -0.2) is 4.79 Å². The predicted octanol–water partition coefficient (Wildman–Crippen LogP) is 4.70. The van der Waals surface area contributed by atoms with Crippen molar-refractivity contribution in [3.05, 3.63) is 81.2 Å². The second-order valence-electron chi connectivity index (χ2n) is 6.11. The zero-order valence-electron chi connectivity index (χ0n) is 15.0. The molecule has 0 bridgehead atoms. The van der Waals surface area contributed by atoms with Crippen LogP contribution in [0.1, 0.15) is 34.0 Å². The Bertz CT molecular complexity index is 1040. The van der Waals surface area contributed by atoms with Crippen LogP contribution < -0.4 is 10.4 Å². The number of hydrogen-bond acceptors (Lipinski definition) is 4. The Labute approximate surface area is 151 Å². The molecule has 0 N–H and O–H groups in total. The number of carbonyl (C=O) groups is 1. The number of ketones is 1. The monoisotopic (exact) mass is 348 g/mol. The van der Waals surface area contributed by atoms with Crippen LogP contribution in [0.4, 0.5) is 0 Å². The molecule has 0 amide bonds. The van der Waals surface area contributed by atoms with Crippen LogP contribution in [0.2, 0.25) is 0 Å². The smallest absolute Gasteiger partial charge is 0.336 e. The summed E-state index contributed by atoms with van der Waals surface area (Å²) in [6, 6.07) is 12.8. The molecule has 0 spiro atoms. The molecular weight excluding hydrogens is 328 g/mol. The number of rotatable bonds is 5. The van der Waals surface area contributed by atoms with E-state index in [0.717, 1.165) is 22.1 Å². The minimum absolute atomic E-state index is 0.263. The first kappa shape index (κ1) is 17.7. The summed E-state index contributed by atoms with van der Waals surface area (Å²) in [6.45, 7) is 6.07. The maximum Gasteiger partial charge on any atom is 0.336 e. The molecule has 2 aromatic carbocycles. The number of carbonyl (C=O) groups excluding carboxylic acids is 1. The van der Waals surface area contributed by atoms with Crippen LogP contribution in [0.3, 0.4) is 0 Å². The third-order valence-corrected chi connectivity index (χ3v) is 4.13. The van der Waals surface area contributed by atoms with E-state index in [0.29, 0.717) is 12.4 Å². The highest BCUT2D eigenvalue weighted by Gasteiger charge is 2.18. The van der Waals surface area contributed by atoms with Crippen LogP contribution in [0.25, 0.3) is 17.0 Å². The van der Waals surface area contributed by atoms with Crippen molar-refractivity contribution in [1.82, 2.24) is 0 Å². The van der Waals surface area contributed by atoms with Crippen LogP contribution in [-0.2, 0) is 0 Å². The van der Waals surface area contributed by atoms with E-state index in [1.807, 2.05) is 45.0 Å². The molecule has 0 unspecified atom stereocenters. The van der Waals surface area contributed by atoms with Crippen molar-refractivity contribution < 1.29 is 13.9 Å². The number of aryl methyl sites for hydroxylation is 2. The van der Waals surface area contributed by atoms with Crippen LogP contribution >= 0.6 is 0 Å². The van der Waals surface area contributed by atoms with Crippen molar-refractivity contribution in [3.8, 4) is 5.75 Å². The summed E-state index contributed by atoms with van der Waals surface area (Å²) in [7, 11) is 0. The molecule has 0 saturated carbocycles. The van der Waals surface area contributed by atoms with E-state index in [1.54, 1.807) is 18.2 Å². The summed E-state index contributed by atoms with van der Waals surface area (Å²) in [5.74, 6) is 0.140. The van der Waals surface area contributed by atoms with Gasteiger partial charge in [0.25, 0.3) is 0 Å². The molecule has 0 aliphatic rings. The van der Waals surface area contributed by atoms with E-state index in [-0.39, 0.29) is 16.9 Å². The zero-order chi connectivity index (χ0) is 18.7. The molecule has 0 saturated heterocycles. The Morgan fingerprint density at radius 2 is 1.85 bits per heavy atom. The lowest BCUT2D eigenvalue weighted by atomic mass is 10.0. The minimum atomic E-state index is -0.486. The van der Waals surface area contributed by atoms with Crippen molar-refractivity contribution in [2.45, 2.75) is 20.8 Å². The molecular formula is C22H20O4. The van der Waals surface area contributed by atoms with Gasteiger partial charge in [0.15, 0.2) is 11.4 Å². The quantitative estimate of drug-likeness (QED) is 0.381. The third-order valence-electron chi connectivity index (χ3n) is 4.13. The van der Waals surface area contributed by atoms with Gasteiger partial charge in [0.05, 0.1) is 6.61 Å². The van der Waals surface area contributed by atoms with Crippen molar-refractivity contribution in [2.24, 2.45) is 0 Å². The molecule has 3 rings (SSSR count). The summed E-state index contributed by atoms with van der Waals surface area (Å²) in [5.41, 5.74) is 2.88. The van der Waals surface area contributed by atoms with Gasteiger partial charge in [-0.15, -0.1) is 0 Å². The van der Waals surface area contributed by atoms with Crippen LogP contribution in [0.5, 0.6) is 5.75 Å². The minimum Gasteiger partial charge on any atom is -0.493 e. The fourth-order valence-electron chi connectivity index (χ4n) is 2.81. The van der Waals surface area contributed by atoms with Crippen LogP contribution in [0.15, 0.2) is 57.8 Å². The number of hydrogen-bond donors (Lipinski definition) is 0. The van der Waals surface area contributed by atoms with Crippen molar-refractivity contribution in [2.75, 3.05) is 6.61 Å². The van der Waals surface area contributed by atoms with Gasteiger partial charge in [-0.05, 0) is 50.1 Å². The molecule has 1 heterocycles. The highest BCUT2D eigenvalue weighted by atomic mass is 16.5. The Balaban J connectivity index is 2.11.